The zero-order chi connectivity index (χ0) is 15.0. The molecule has 0 spiro atoms. The van der Waals surface area contributed by atoms with Crippen LogP contribution in [0, 0.1) is 0 Å². The molecule has 0 saturated heterocycles. The Hall–Kier alpha value is -1.85. The summed E-state index contributed by atoms with van der Waals surface area (Å²) in [6.07, 6.45) is 2.64. The number of hydrogen-bond acceptors (Lipinski definition) is 4. The second kappa shape index (κ2) is 5.50. The van der Waals surface area contributed by atoms with Gasteiger partial charge in [-0.15, -0.1) is 0 Å². The molecule has 108 valence electrons. The van der Waals surface area contributed by atoms with Crippen LogP contribution in [0.25, 0.3) is 16.2 Å². The van der Waals surface area contributed by atoms with Gasteiger partial charge in [0, 0.05) is 17.5 Å². The highest BCUT2D eigenvalue weighted by Crippen LogP contribution is 2.31. The lowest BCUT2D eigenvalue weighted by atomic mass is 10.2. The van der Waals surface area contributed by atoms with Gasteiger partial charge in [0.2, 0.25) is 0 Å². The lowest BCUT2D eigenvalue weighted by Gasteiger charge is -2.01. The van der Waals surface area contributed by atoms with Gasteiger partial charge >= 0.3 is 5.97 Å². The number of carbonyl (C=O) groups excluding carboxylic acids is 1. The first kappa shape index (κ1) is 14.1. The third-order valence-corrected chi connectivity index (χ3v) is 4.68. The van der Waals surface area contributed by atoms with Crippen LogP contribution in [0.15, 0.2) is 30.5 Å². The van der Waals surface area contributed by atoms with E-state index in [1.54, 1.807) is 0 Å². The topological polar surface area (TPSA) is 43.6 Å². The molecule has 0 saturated carbocycles. The fourth-order valence-electron chi connectivity index (χ4n) is 2.27. The molecule has 2 aromatic heterocycles. The fraction of sp³-hybridized carbons (Fsp3) is 0.200. The van der Waals surface area contributed by atoms with E-state index in [1.807, 2.05) is 41.8 Å². The number of hydrogen-bond donors (Lipinski definition) is 0. The van der Waals surface area contributed by atoms with Crippen molar-refractivity contribution in [1.29, 1.82) is 0 Å². The summed E-state index contributed by atoms with van der Waals surface area (Å²) in [6.45, 7) is 2.00. The zero-order valence-electron chi connectivity index (χ0n) is 11.6. The Bertz CT molecular complexity index is 822. The molecule has 0 radical (unpaired) electrons. The number of halogens is 1. The maximum Gasteiger partial charge on any atom is 0.349 e. The van der Waals surface area contributed by atoms with Crippen molar-refractivity contribution in [2.24, 2.45) is 0 Å². The van der Waals surface area contributed by atoms with Gasteiger partial charge in [-0.3, -0.25) is 4.40 Å². The SMILES string of the molecule is CCc1c(C(=O)OC)sc2nc(-c3ccccc3Cl)cn12. The van der Waals surface area contributed by atoms with Gasteiger partial charge in [-0.1, -0.05) is 48.1 Å². The van der Waals surface area contributed by atoms with Crippen molar-refractivity contribution in [2.45, 2.75) is 13.3 Å². The number of fused-ring (bicyclic) bond motifs is 1. The van der Waals surface area contributed by atoms with Crippen LogP contribution < -0.4 is 0 Å². The van der Waals surface area contributed by atoms with Gasteiger partial charge in [-0.05, 0) is 12.5 Å². The van der Waals surface area contributed by atoms with Crippen LogP contribution in [0.5, 0.6) is 0 Å². The fourth-order valence-corrected chi connectivity index (χ4v) is 3.62. The van der Waals surface area contributed by atoms with E-state index in [4.69, 9.17) is 16.3 Å². The summed E-state index contributed by atoms with van der Waals surface area (Å²) in [6, 6.07) is 7.58. The number of aromatic nitrogens is 2. The van der Waals surface area contributed by atoms with E-state index >= 15 is 0 Å². The number of aryl methyl sites for hydroxylation is 1. The van der Waals surface area contributed by atoms with Crippen LogP contribution in [-0.4, -0.2) is 22.5 Å². The van der Waals surface area contributed by atoms with E-state index in [1.165, 1.54) is 18.4 Å². The molecule has 0 amide bonds. The third kappa shape index (κ3) is 2.32. The summed E-state index contributed by atoms with van der Waals surface area (Å²) in [7, 11) is 1.39. The lowest BCUT2D eigenvalue weighted by Crippen LogP contribution is -2.03. The summed E-state index contributed by atoms with van der Waals surface area (Å²) in [5.74, 6) is -0.318. The van der Waals surface area contributed by atoms with E-state index in [2.05, 4.69) is 4.98 Å². The van der Waals surface area contributed by atoms with Crippen LogP contribution in [0.1, 0.15) is 22.3 Å². The quantitative estimate of drug-likeness (QED) is 0.683. The molecule has 21 heavy (non-hydrogen) atoms. The molecule has 0 aliphatic heterocycles. The average molecular weight is 321 g/mol. The first-order valence-electron chi connectivity index (χ1n) is 6.49. The van der Waals surface area contributed by atoms with Crippen LogP contribution in [-0.2, 0) is 11.2 Å². The number of carbonyl (C=O) groups is 1. The molecule has 0 N–H and O–H groups in total. The molecular weight excluding hydrogens is 308 g/mol. The van der Waals surface area contributed by atoms with Crippen molar-refractivity contribution in [2.75, 3.05) is 7.11 Å². The predicted octanol–water partition coefficient (Wildman–Crippen LogP) is 4.07. The number of nitrogens with zero attached hydrogens (tertiary/aromatic N) is 2. The van der Waals surface area contributed by atoms with Gasteiger partial charge in [0.15, 0.2) is 4.96 Å². The van der Waals surface area contributed by atoms with Crippen molar-refractivity contribution in [3.05, 3.63) is 46.1 Å². The smallest absolute Gasteiger partial charge is 0.349 e. The number of methoxy groups -OCH3 is 1. The maximum absolute atomic E-state index is 11.8. The summed E-state index contributed by atoms with van der Waals surface area (Å²) >= 11 is 7.55. The Morgan fingerprint density at radius 2 is 2.19 bits per heavy atom. The number of benzene rings is 1. The molecule has 0 fully saturated rings. The van der Waals surface area contributed by atoms with E-state index in [9.17, 15) is 4.79 Å². The van der Waals surface area contributed by atoms with Crippen molar-refractivity contribution < 1.29 is 9.53 Å². The minimum absolute atomic E-state index is 0.318. The van der Waals surface area contributed by atoms with E-state index in [0.717, 1.165) is 28.3 Å². The molecule has 4 nitrogen and oxygen atoms in total. The second-order valence-corrected chi connectivity index (χ2v) is 5.87. The minimum atomic E-state index is -0.318. The molecular formula is C15H13ClN2O2S. The number of imidazole rings is 1. The molecule has 0 atom stereocenters. The summed E-state index contributed by atoms with van der Waals surface area (Å²) in [5.41, 5.74) is 2.60. The Morgan fingerprint density at radius 1 is 1.43 bits per heavy atom. The van der Waals surface area contributed by atoms with Crippen molar-refractivity contribution in [3.63, 3.8) is 0 Å². The molecule has 0 aliphatic rings. The lowest BCUT2D eigenvalue weighted by molar-refractivity contribution is 0.0604. The Balaban J connectivity index is 2.16. The molecule has 6 heteroatoms. The minimum Gasteiger partial charge on any atom is -0.465 e. The van der Waals surface area contributed by atoms with Gasteiger partial charge in [-0.2, -0.15) is 0 Å². The molecule has 3 rings (SSSR count). The van der Waals surface area contributed by atoms with Gasteiger partial charge in [0.05, 0.1) is 17.8 Å². The first-order chi connectivity index (χ1) is 10.2. The molecule has 0 aliphatic carbocycles. The molecule has 1 aromatic carbocycles. The highest BCUT2D eigenvalue weighted by molar-refractivity contribution is 7.19. The second-order valence-electron chi connectivity index (χ2n) is 4.48. The van der Waals surface area contributed by atoms with E-state index in [0.29, 0.717) is 9.90 Å². The predicted molar refractivity (Wildman–Crippen MR) is 84.2 cm³/mol. The van der Waals surface area contributed by atoms with Gasteiger partial charge in [0.1, 0.15) is 4.88 Å². The molecule has 3 aromatic rings. The molecule has 0 unspecified atom stereocenters. The highest BCUT2D eigenvalue weighted by atomic mass is 35.5. The Labute approximate surface area is 131 Å². The molecule has 0 bridgehead atoms. The Kier molecular flexibility index (Phi) is 3.69. The monoisotopic (exact) mass is 320 g/mol. The van der Waals surface area contributed by atoms with Crippen LogP contribution >= 0.6 is 22.9 Å². The van der Waals surface area contributed by atoms with Gasteiger partial charge in [0.25, 0.3) is 0 Å². The van der Waals surface area contributed by atoms with E-state index < -0.39 is 0 Å². The first-order valence-corrected chi connectivity index (χ1v) is 7.69. The average Bonchev–Trinajstić information content (AvgIpc) is 3.04. The van der Waals surface area contributed by atoms with Gasteiger partial charge < -0.3 is 4.74 Å². The normalized spacial score (nSPS) is 11.0. The number of ether oxygens (including phenoxy) is 1. The summed E-state index contributed by atoms with van der Waals surface area (Å²) in [4.78, 5) is 17.7. The van der Waals surface area contributed by atoms with Gasteiger partial charge in [-0.25, -0.2) is 9.78 Å². The van der Waals surface area contributed by atoms with Crippen LogP contribution in [0.3, 0.4) is 0 Å². The summed E-state index contributed by atoms with van der Waals surface area (Å²) in [5, 5.41) is 0.662. The number of rotatable bonds is 3. The third-order valence-electron chi connectivity index (χ3n) is 3.28. The number of thiazole rings is 1. The molecule has 2 heterocycles. The van der Waals surface area contributed by atoms with Crippen LogP contribution in [0.4, 0.5) is 0 Å². The highest BCUT2D eigenvalue weighted by Gasteiger charge is 2.20. The zero-order valence-corrected chi connectivity index (χ0v) is 13.2. The number of esters is 1. The van der Waals surface area contributed by atoms with Crippen molar-refractivity contribution in [3.8, 4) is 11.3 Å². The van der Waals surface area contributed by atoms with Crippen molar-refractivity contribution in [1.82, 2.24) is 9.38 Å². The van der Waals surface area contributed by atoms with Crippen molar-refractivity contribution >= 4 is 33.9 Å². The maximum atomic E-state index is 11.8. The Morgan fingerprint density at radius 3 is 2.86 bits per heavy atom. The summed E-state index contributed by atoms with van der Waals surface area (Å²) < 4.78 is 6.76. The van der Waals surface area contributed by atoms with Crippen LogP contribution in [0.2, 0.25) is 5.02 Å². The largest absolute Gasteiger partial charge is 0.465 e. The van der Waals surface area contributed by atoms with E-state index in [-0.39, 0.29) is 5.97 Å². The standard InChI is InChI=1S/C15H13ClN2O2S/c1-3-12-13(14(19)20-2)21-15-17-11(8-18(12)15)9-6-4-5-7-10(9)16/h4-8H,3H2,1-2H3.